The zero-order valence-electron chi connectivity index (χ0n) is 7.63. The first-order valence-electron chi connectivity index (χ1n) is 3.83. The lowest BCUT2D eigenvalue weighted by molar-refractivity contribution is 0.566. The lowest BCUT2D eigenvalue weighted by atomic mass is 9.92. The molecule has 1 rings (SSSR count). The third-order valence-electron chi connectivity index (χ3n) is 1.58. The number of terminal acetylenes is 1. The summed E-state index contributed by atoms with van der Waals surface area (Å²) in [6, 6.07) is 1.85. The molecular weight excluding hydrogens is 148 g/mol. The SMILES string of the molecule is C#Cc1cc(C(C)(C)C)ncn1. The van der Waals surface area contributed by atoms with Crippen LogP contribution in [-0.2, 0) is 5.41 Å². The van der Waals surface area contributed by atoms with Gasteiger partial charge in [-0.05, 0) is 6.07 Å². The van der Waals surface area contributed by atoms with Crippen molar-refractivity contribution in [2.24, 2.45) is 0 Å². The Morgan fingerprint density at radius 1 is 1.33 bits per heavy atom. The van der Waals surface area contributed by atoms with E-state index in [9.17, 15) is 0 Å². The van der Waals surface area contributed by atoms with Gasteiger partial charge in [-0.1, -0.05) is 26.7 Å². The van der Waals surface area contributed by atoms with Gasteiger partial charge in [0.05, 0.1) is 5.69 Å². The fourth-order valence-electron chi connectivity index (χ4n) is 0.846. The van der Waals surface area contributed by atoms with Crippen molar-refractivity contribution in [3.8, 4) is 12.3 Å². The minimum absolute atomic E-state index is 0.0362. The van der Waals surface area contributed by atoms with Gasteiger partial charge in [0.25, 0.3) is 0 Å². The molecule has 0 spiro atoms. The second-order valence-electron chi connectivity index (χ2n) is 3.68. The molecule has 0 unspecified atom stereocenters. The van der Waals surface area contributed by atoms with E-state index in [4.69, 9.17) is 6.42 Å². The van der Waals surface area contributed by atoms with Crippen molar-refractivity contribution in [3.63, 3.8) is 0 Å². The fraction of sp³-hybridized carbons (Fsp3) is 0.400. The molecule has 0 aliphatic carbocycles. The minimum Gasteiger partial charge on any atom is -0.241 e. The Morgan fingerprint density at radius 3 is 2.50 bits per heavy atom. The highest BCUT2D eigenvalue weighted by molar-refractivity contribution is 5.27. The van der Waals surface area contributed by atoms with Gasteiger partial charge in [-0.15, -0.1) is 6.42 Å². The van der Waals surface area contributed by atoms with Gasteiger partial charge in [-0.2, -0.15) is 0 Å². The highest BCUT2D eigenvalue weighted by Gasteiger charge is 2.15. The third kappa shape index (κ3) is 1.82. The molecular formula is C10H12N2. The van der Waals surface area contributed by atoms with Gasteiger partial charge in [0.1, 0.15) is 12.0 Å². The maximum absolute atomic E-state index is 5.22. The topological polar surface area (TPSA) is 25.8 Å². The molecule has 1 heterocycles. The first kappa shape index (κ1) is 8.73. The van der Waals surface area contributed by atoms with Crippen molar-refractivity contribution in [2.75, 3.05) is 0 Å². The second kappa shape index (κ2) is 2.94. The summed E-state index contributed by atoms with van der Waals surface area (Å²) in [5, 5.41) is 0. The van der Waals surface area contributed by atoms with Gasteiger partial charge in [0, 0.05) is 5.41 Å². The van der Waals surface area contributed by atoms with E-state index in [1.807, 2.05) is 6.07 Å². The van der Waals surface area contributed by atoms with Crippen LogP contribution in [0.25, 0.3) is 0 Å². The molecule has 0 atom stereocenters. The number of hydrogen-bond acceptors (Lipinski definition) is 2. The van der Waals surface area contributed by atoms with E-state index in [2.05, 4.69) is 36.7 Å². The van der Waals surface area contributed by atoms with Crippen LogP contribution in [0.5, 0.6) is 0 Å². The highest BCUT2D eigenvalue weighted by atomic mass is 14.8. The zero-order chi connectivity index (χ0) is 9.19. The molecule has 0 aliphatic heterocycles. The standard InChI is InChI=1S/C10H12N2/c1-5-8-6-9(10(2,3)4)12-7-11-8/h1,6-7H,2-4H3. The Labute approximate surface area is 73.1 Å². The minimum atomic E-state index is 0.0362. The first-order chi connectivity index (χ1) is 5.54. The monoisotopic (exact) mass is 160 g/mol. The molecule has 0 aromatic carbocycles. The molecule has 0 amide bonds. The predicted molar refractivity (Wildman–Crippen MR) is 48.7 cm³/mol. The lowest BCUT2D eigenvalue weighted by Crippen LogP contribution is -2.13. The van der Waals surface area contributed by atoms with Crippen molar-refractivity contribution in [1.29, 1.82) is 0 Å². The van der Waals surface area contributed by atoms with E-state index in [-0.39, 0.29) is 5.41 Å². The van der Waals surface area contributed by atoms with Crippen LogP contribution in [0.3, 0.4) is 0 Å². The summed E-state index contributed by atoms with van der Waals surface area (Å²) in [4.78, 5) is 8.08. The molecule has 0 aliphatic rings. The fourth-order valence-corrected chi connectivity index (χ4v) is 0.846. The van der Waals surface area contributed by atoms with Crippen LogP contribution in [0.1, 0.15) is 32.2 Å². The van der Waals surface area contributed by atoms with Crippen LogP contribution >= 0.6 is 0 Å². The van der Waals surface area contributed by atoms with Crippen molar-refractivity contribution in [3.05, 3.63) is 23.8 Å². The summed E-state index contributed by atoms with van der Waals surface area (Å²) < 4.78 is 0. The quantitative estimate of drug-likeness (QED) is 0.540. The molecule has 2 heteroatoms. The summed E-state index contributed by atoms with van der Waals surface area (Å²) in [5.41, 5.74) is 1.66. The number of hydrogen-bond donors (Lipinski definition) is 0. The molecule has 0 saturated carbocycles. The molecule has 0 radical (unpaired) electrons. The van der Waals surface area contributed by atoms with Crippen molar-refractivity contribution in [2.45, 2.75) is 26.2 Å². The number of rotatable bonds is 0. The van der Waals surface area contributed by atoms with Gasteiger partial charge in [0.15, 0.2) is 0 Å². The van der Waals surface area contributed by atoms with Crippen molar-refractivity contribution in [1.82, 2.24) is 9.97 Å². The van der Waals surface area contributed by atoms with Gasteiger partial charge in [-0.25, -0.2) is 9.97 Å². The van der Waals surface area contributed by atoms with Gasteiger partial charge < -0.3 is 0 Å². The maximum atomic E-state index is 5.22. The Bertz CT molecular complexity index is 315. The molecule has 0 fully saturated rings. The van der Waals surface area contributed by atoms with E-state index in [0.29, 0.717) is 5.69 Å². The number of aromatic nitrogens is 2. The number of nitrogens with zero attached hydrogens (tertiary/aromatic N) is 2. The highest BCUT2D eigenvalue weighted by Crippen LogP contribution is 2.19. The van der Waals surface area contributed by atoms with E-state index >= 15 is 0 Å². The van der Waals surface area contributed by atoms with Crippen molar-refractivity contribution < 1.29 is 0 Å². The van der Waals surface area contributed by atoms with Crippen LogP contribution in [-0.4, -0.2) is 9.97 Å². The molecule has 0 bridgehead atoms. The Balaban J connectivity index is 3.13. The third-order valence-corrected chi connectivity index (χ3v) is 1.58. The lowest BCUT2D eigenvalue weighted by Gasteiger charge is -2.16. The maximum Gasteiger partial charge on any atom is 0.117 e. The van der Waals surface area contributed by atoms with E-state index in [0.717, 1.165) is 5.69 Å². The van der Waals surface area contributed by atoms with E-state index in [1.54, 1.807) is 0 Å². The Hall–Kier alpha value is -1.36. The van der Waals surface area contributed by atoms with Crippen molar-refractivity contribution >= 4 is 0 Å². The normalized spacial score (nSPS) is 10.8. The smallest absolute Gasteiger partial charge is 0.117 e. The first-order valence-corrected chi connectivity index (χ1v) is 3.83. The summed E-state index contributed by atoms with van der Waals surface area (Å²) in [6.45, 7) is 6.28. The molecule has 62 valence electrons. The van der Waals surface area contributed by atoms with Crippen LogP contribution in [0, 0.1) is 12.3 Å². The zero-order valence-corrected chi connectivity index (χ0v) is 7.63. The van der Waals surface area contributed by atoms with E-state index in [1.165, 1.54) is 6.33 Å². The molecule has 1 aromatic rings. The molecule has 1 aromatic heterocycles. The largest absolute Gasteiger partial charge is 0.241 e. The predicted octanol–water partition coefficient (Wildman–Crippen LogP) is 1.76. The second-order valence-corrected chi connectivity index (χ2v) is 3.68. The summed E-state index contributed by atoms with van der Waals surface area (Å²) >= 11 is 0. The summed E-state index contributed by atoms with van der Waals surface area (Å²) in [7, 11) is 0. The van der Waals surface area contributed by atoms with E-state index < -0.39 is 0 Å². The Morgan fingerprint density at radius 2 is 2.00 bits per heavy atom. The van der Waals surface area contributed by atoms with Gasteiger partial charge in [0.2, 0.25) is 0 Å². The van der Waals surface area contributed by atoms with Crippen LogP contribution < -0.4 is 0 Å². The van der Waals surface area contributed by atoms with Gasteiger partial charge >= 0.3 is 0 Å². The molecule has 0 saturated heterocycles. The summed E-state index contributed by atoms with van der Waals surface area (Å²) in [6.07, 6.45) is 6.73. The molecule has 12 heavy (non-hydrogen) atoms. The molecule has 2 nitrogen and oxygen atoms in total. The van der Waals surface area contributed by atoms with Gasteiger partial charge in [-0.3, -0.25) is 0 Å². The Kier molecular flexibility index (Phi) is 2.14. The van der Waals surface area contributed by atoms with Crippen LogP contribution in [0.2, 0.25) is 0 Å². The summed E-state index contributed by atoms with van der Waals surface area (Å²) in [5.74, 6) is 2.49. The molecule has 0 N–H and O–H groups in total. The average molecular weight is 160 g/mol. The average Bonchev–Trinajstić information content (AvgIpc) is 2.03. The van der Waals surface area contributed by atoms with Crippen LogP contribution in [0.15, 0.2) is 12.4 Å². The van der Waals surface area contributed by atoms with Crippen LogP contribution in [0.4, 0.5) is 0 Å².